The number of carbonyl (C=O) groups excluding carboxylic acids is 1. The maximum atomic E-state index is 13.0. The molecule has 5 rings (SSSR count). The van der Waals surface area contributed by atoms with E-state index < -0.39 is 6.10 Å². The smallest absolute Gasteiger partial charge is 0.310 e. The molecule has 0 amide bonds. The third kappa shape index (κ3) is 3.13. The molecule has 3 saturated carbocycles. The summed E-state index contributed by atoms with van der Waals surface area (Å²) >= 11 is 0. The minimum atomic E-state index is -0.418. The average molecular weight is 471 g/mol. The zero-order valence-corrected chi connectivity index (χ0v) is 22.4. The number of hydrogen-bond donors (Lipinski definition) is 2. The van der Waals surface area contributed by atoms with E-state index in [1.54, 1.807) is 0 Å². The van der Waals surface area contributed by atoms with E-state index in [9.17, 15) is 15.0 Å². The molecule has 4 heteroatoms. The van der Waals surface area contributed by atoms with Crippen LogP contribution in [0.25, 0.3) is 0 Å². The van der Waals surface area contributed by atoms with Crippen molar-refractivity contribution in [3.8, 4) is 0 Å². The molecular formula is C30H46O4. The summed E-state index contributed by atoms with van der Waals surface area (Å²) in [5.74, 6) is 0.870. The zero-order chi connectivity index (χ0) is 24.8. The molecule has 1 heterocycles. The Morgan fingerprint density at radius 3 is 2.38 bits per heavy atom. The Morgan fingerprint density at radius 1 is 1.00 bits per heavy atom. The Hall–Kier alpha value is -1.13. The van der Waals surface area contributed by atoms with E-state index in [1.807, 2.05) is 0 Å². The topological polar surface area (TPSA) is 66.8 Å². The van der Waals surface area contributed by atoms with E-state index in [0.29, 0.717) is 11.8 Å². The summed E-state index contributed by atoms with van der Waals surface area (Å²) in [4.78, 5) is 13.0. The van der Waals surface area contributed by atoms with Crippen LogP contribution in [0.5, 0.6) is 0 Å². The van der Waals surface area contributed by atoms with Gasteiger partial charge in [0.2, 0.25) is 0 Å². The highest BCUT2D eigenvalue weighted by molar-refractivity contribution is 5.76. The molecule has 34 heavy (non-hydrogen) atoms. The molecule has 1 saturated heterocycles. The van der Waals surface area contributed by atoms with Crippen molar-refractivity contribution >= 4 is 5.97 Å². The van der Waals surface area contributed by atoms with Gasteiger partial charge in [0, 0.05) is 11.8 Å². The average Bonchev–Trinajstić information content (AvgIpc) is 3.26. The second-order valence-electron chi connectivity index (χ2n) is 14.0. The number of aliphatic hydroxyl groups excluding tert-OH is 2. The van der Waals surface area contributed by atoms with Crippen molar-refractivity contribution in [3.05, 3.63) is 23.3 Å². The minimum Gasteiger partial charge on any atom is -0.458 e. The van der Waals surface area contributed by atoms with Crippen LogP contribution >= 0.6 is 0 Å². The van der Waals surface area contributed by atoms with Crippen LogP contribution in [0.15, 0.2) is 23.3 Å². The van der Waals surface area contributed by atoms with Crippen molar-refractivity contribution in [3.63, 3.8) is 0 Å². The van der Waals surface area contributed by atoms with Gasteiger partial charge in [-0.15, -0.1) is 0 Å². The van der Waals surface area contributed by atoms with Crippen molar-refractivity contribution in [1.29, 1.82) is 0 Å². The van der Waals surface area contributed by atoms with Crippen molar-refractivity contribution in [1.82, 2.24) is 0 Å². The summed E-state index contributed by atoms with van der Waals surface area (Å²) in [7, 11) is 0. The number of rotatable bonds is 2. The first-order valence-electron chi connectivity index (χ1n) is 13.7. The van der Waals surface area contributed by atoms with Crippen LogP contribution in [-0.4, -0.2) is 34.5 Å². The molecule has 190 valence electrons. The molecule has 4 fully saturated rings. The van der Waals surface area contributed by atoms with Crippen LogP contribution in [0.2, 0.25) is 0 Å². The maximum absolute atomic E-state index is 13.0. The van der Waals surface area contributed by atoms with Crippen molar-refractivity contribution in [2.24, 2.45) is 45.3 Å². The standard InChI is InChI=1S/C30H46O4/c1-17(2)14-18-15-19(26(33)34-18)20-8-9-21-28(20,5)12-10-22-29(6)13-11-24(31)27(3,4)23(29)16-25(32)30(21,22)7/h9,14,18-20,22-25,31-32H,8,10-13,15-16H2,1-7H3/t18-,19-,20+,22-,23-,24+,25-,28+,29+,30+/m1/s1. The third-order valence-electron chi connectivity index (χ3n) is 11.8. The molecule has 2 N–H and O–H groups in total. The van der Waals surface area contributed by atoms with Gasteiger partial charge in [0.15, 0.2) is 0 Å². The summed E-state index contributed by atoms with van der Waals surface area (Å²) in [6, 6.07) is 0. The molecule has 10 atom stereocenters. The molecular weight excluding hydrogens is 424 g/mol. The molecule has 0 aromatic carbocycles. The highest BCUT2D eigenvalue weighted by Crippen LogP contribution is 2.73. The molecule has 0 aromatic heterocycles. The van der Waals surface area contributed by atoms with Gasteiger partial charge in [0.1, 0.15) is 6.10 Å². The molecule has 0 spiro atoms. The van der Waals surface area contributed by atoms with Crippen molar-refractivity contribution in [2.75, 3.05) is 0 Å². The van der Waals surface area contributed by atoms with E-state index in [-0.39, 0.29) is 51.7 Å². The van der Waals surface area contributed by atoms with Crippen molar-refractivity contribution in [2.45, 2.75) is 112 Å². The molecule has 5 aliphatic rings. The van der Waals surface area contributed by atoms with E-state index >= 15 is 0 Å². The molecule has 1 aliphatic heterocycles. The van der Waals surface area contributed by atoms with Crippen LogP contribution in [0.3, 0.4) is 0 Å². The third-order valence-corrected chi connectivity index (χ3v) is 11.8. The summed E-state index contributed by atoms with van der Waals surface area (Å²) in [5, 5.41) is 22.7. The normalized spacial score (nSPS) is 51.6. The zero-order valence-electron chi connectivity index (χ0n) is 22.4. The number of ether oxygens (including phenoxy) is 1. The van der Waals surface area contributed by atoms with Gasteiger partial charge in [-0.05, 0) is 92.4 Å². The number of hydrogen-bond acceptors (Lipinski definition) is 4. The Morgan fingerprint density at radius 2 is 1.71 bits per heavy atom. The largest absolute Gasteiger partial charge is 0.458 e. The molecule has 0 radical (unpaired) electrons. The number of esters is 1. The minimum absolute atomic E-state index is 0.0325. The second-order valence-corrected chi connectivity index (χ2v) is 14.0. The number of fused-ring (bicyclic) bond motifs is 5. The predicted octanol–water partition coefficient (Wildman–Crippen LogP) is 5.82. The summed E-state index contributed by atoms with van der Waals surface area (Å²) in [5.41, 5.74) is 2.19. The van der Waals surface area contributed by atoms with Crippen molar-refractivity contribution < 1.29 is 19.7 Å². The first-order valence-corrected chi connectivity index (χ1v) is 13.7. The fourth-order valence-corrected chi connectivity index (χ4v) is 10.0. The van der Waals surface area contributed by atoms with Gasteiger partial charge >= 0.3 is 5.97 Å². The second kappa shape index (κ2) is 7.68. The Bertz CT molecular complexity index is 928. The van der Waals surface area contributed by atoms with E-state index in [0.717, 1.165) is 44.9 Å². The lowest BCUT2D eigenvalue weighted by Gasteiger charge is -2.68. The number of carbonyl (C=O) groups is 1. The van der Waals surface area contributed by atoms with Crippen LogP contribution < -0.4 is 0 Å². The number of aliphatic hydroxyl groups is 2. The summed E-state index contributed by atoms with van der Waals surface area (Å²) in [6.45, 7) is 15.7. The quantitative estimate of drug-likeness (QED) is 0.394. The summed E-state index contributed by atoms with van der Waals surface area (Å²) < 4.78 is 5.78. The summed E-state index contributed by atoms with van der Waals surface area (Å²) in [6.07, 6.45) is 10.1. The van der Waals surface area contributed by atoms with Gasteiger partial charge in [-0.25, -0.2) is 0 Å². The lowest BCUT2D eigenvalue weighted by Crippen LogP contribution is -2.65. The monoisotopic (exact) mass is 470 g/mol. The number of allylic oxidation sites excluding steroid dienone is 2. The molecule has 0 unspecified atom stereocenters. The van der Waals surface area contributed by atoms with E-state index in [1.165, 1.54) is 11.1 Å². The SMILES string of the molecule is CC(C)=C[C@@H]1C[C@H]([C@@H]2CC=C3[C@]4(C)[C@H](O)C[C@@H]5C(C)(C)[C@@H](O)CC[C@@]5(C)[C@H]4CC[C@]32C)C(=O)O1. The van der Waals surface area contributed by atoms with Crippen LogP contribution in [0.4, 0.5) is 0 Å². The van der Waals surface area contributed by atoms with Gasteiger partial charge in [0.05, 0.1) is 18.1 Å². The van der Waals surface area contributed by atoms with Gasteiger partial charge in [-0.1, -0.05) is 51.8 Å². The highest BCUT2D eigenvalue weighted by Gasteiger charge is 2.68. The maximum Gasteiger partial charge on any atom is 0.310 e. The van der Waals surface area contributed by atoms with Crippen LogP contribution in [0.1, 0.15) is 93.4 Å². The number of cyclic esters (lactones) is 1. The Balaban J connectivity index is 1.47. The first-order chi connectivity index (χ1) is 15.8. The van der Waals surface area contributed by atoms with Gasteiger partial charge in [-0.2, -0.15) is 0 Å². The molecule has 0 aromatic rings. The lowest BCUT2D eigenvalue weighted by atomic mass is 9.37. The molecule has 4 nitrogen and oxygen atoms in total. The first kappa shape index (κ1) is 24.6. The van der Waals surface area contributed by atoms with Gasteiger partial charge in [-0.3, -0.25) is 4.79 Å². The highest BCUT2D eigenvalue weighted by atomic mass is 16.5. The van der Waals surface area contributed by atoms with Gasteiger partial charge < -0.3 is 14.9 Å². The molecule has 0 bridgehead atoms. The lowest BCUT2D eigenvalue weighted by molar-refractivity contribution is -0.212. The Kier molecular flexibility index (Phi) is 5.55. The molecule has 4 aliphatic carbocycles. The Labute approximate surface area is 206 Å². The fourth-order valence-electron chi connectivity index (χ4n) is 10.0. The van der Waals surface area contributed by atoms with Crippen LogP contribution in [0, 0.1) is 45.3 Å². The van der Waals surface area contributed by atoms with E-state index in [4.69, 9.17) is 4.74 Å². The van der Waals surface area contributed by atoms with E-state index in [2.05, 4.69) is 60.6 Å². The van der Waals surface area contributed by atoms with Crippen LogP contribution in [-0.2, 0) is 9.53 Å². The van der Waals surface area contributed by atoms with Gasteiger partial charge in [0.25, 0.3) is 0 Å². The fraction of sp³-hybridized carbons (Fsp3) is 0.833. The predicted molar refractivity (Wildman–Crippen MR) is 134 cm³/mol.